The molecule has 0 aliphatic carbocycles. The Hall–Kier alpha value is -2.40. The van der Waals surface area contributed by atoms with Crippen molar-refractivity contribution in [3.63, 3.8) is 0 Å². The van der Waals surface area contributed by atoms with Crippen LogP contribution in [0.25, 0.3) is 0 Å². The predicted molar refractivity (Wildman–Crippen MR) is 79.3 cm³/mol. The molecule has 21 heavy (non-hydrogen) atoms. The van der Waals surface area contributed by atoms with E-state index < -0.39 is 0 Å². The molecule has 2 rings (SSSR count). The number of hydrogen-bond acceptors (Lipinski definition) is 4. The maximum atomic E-state index is 12.0. The second-order valence-corrected chi connectivity index (χ2v) is 4.45. The molecule has 0 aliphatic heterocycles. The fourth-order valence-electron chi connectivity index (χ4n) is 1.97. The maximum absolute atomic E-state index is 12.0. The minimum Gasteiger partial charge on any atom is -0.497 e. The number of rotatable bonds is 6. The van der Waals surface area contributed by atoms with Gasteiger partial charge in [-0.25, -0.2) is 0 Å². The van der Waals surface area contributed by atoms with Gasteiger partial charge in [0.2, 0.25) is 0 Å². The van der Waals surface area contributed by atoms with Crippen molar-refractivity contribution in [2.24, 2.45) is 0 Å². The molecule has 0 spiro atoms. The van der Waals surface area contributed by atoms with E-state index >= 15 is 0 Å². The minimum absolute atomic E-state index is 0.151. The lowest BCUT2D eigenvalue weighted by molar-refractivity contribution is 0.0827. The molecule has 1 atom stereocenters. The summed E-state index contributed by atoms with van der Waals surface area (Å²) in [5.74, 6) is 0.609. The van der Waals surface area contributed by atoms with Gasteiger partial charge in [0.15, 0.2) is 0 Å². The van der Waals surface area contributed by atoms with Gasteiger partial charge >= 0.3 is 0 Å². The van der Waals surface area contributed by atoms with Crippen LogP contribution in [0.15, 0.2) is 48.8 Å². The van der Waals surface area contributed by atoms with E-state index in [2.05, 4.69) is 10.3 Å². The van der Waals surface area contributed by atoms with E-state index in [0.29, 0.717) is 12.1 Å². The van der Waals surface area contributed by atoms with Crippen LogP contribution in [0.3, 0.4) is 0 Å². The van der Waals surface area contributed by atoms with E-state index in [1.54, 1.807) is 38.7 Å². The Labute approximate surface area is 123 Å². The van der Waals surface area contributed by atoms with E-state index in [1.807, 2.05) is 24.3 Å². The molecular formula is C16H18N2O3. The highest BCUT2D eigenvalue weighted by Crippen LogP contribution is 2.21. The van der Waals surface area contributed by atoms with Crippen molar-refractivity contribution in [3.05, 3.63) is 59.9 Å². The van der Waals surface area contributed by atoms with Gasteiger partial charge in [0.1, 0.15) is 5.75 Å². The number of amides is 1. The molecule has 1 N–H and O–H groups in total. The quantitative estimate of drug-likeness (QED) is 0.884. The van der Waals surface area contributed by atoms with E-state index in [-0.39, 0.29) is 12.0 Å². The van der Waals surface area contributed by atoms with E-state index in [9.17, 15) is 4.79 Å². The molecule has 5 nitrogen and oxygen atoms in total. The van der Waals surface area contributed by atoms with Gasteiger partial charge in [-0.05, 0) is 29.8 Å². The third-order valence-electron chi connectivity index (χ3n) is 3.14. The van der Waals surface area contributed by atoms with Crippen molar-refractivity contribution >= 4 is 5.91 Å². The van der Waals surface area contributed by atoms with Gasteiger partial charge in [-0.15, -0.1) is 0 Å². The summed E-state index contributed by atoms with van der Waals surface area (Å²) in [4.78, 5) is 15.9. The van der Waals surface area contributed by atoms with Crippen LogP contribution in [-0.2, 0) is 4.74 Å². The molecule has 1 unspecified atom stereocenters. The molecule has 0 fully saturated rings. The summed E-state index contributed by atoms with van der Waals surface area (Å²) in [5.41, 5.74) is 1.53. The Bertz CT molecular complexity index is 587. The normalized spacial score (nSPS) is 11.7. The second-order valence-electron chi connectivity index (χ2n) is 4.45. The number of pyridine rings is 1. The highest BCUT2D eigenvalue weighted by atomic mass is 16.5. The van der Waals surface area contributed by atoms with Gasteiger partial charge < -0.3 is 14.8 Å². The summed E-state index contributed by atoms with van der Waals surface area (Å²) >= 11 is 0. The molecule has 1 heterocycles. The largest absolute Gasteiger partial charge is 0.497 e. The zero-order valence-electron chi connectivity index (χ0n) is 12.1. The molecule has 2 aromatic rings. The first kappa shape index (κ1) is 15.0. The van der Waals surface area contributed by atoms with Crippen molar-refractivity contribution < 1.29 is 14.3 Å². The lowest BCUT2D eigenvalue weighted by Crippen LogP contribution is -2.29. The fourth-order valence-corrected chi connectivity index (χ4v) is 1.97. The summed E-state index contributed by atoms with van der Waals surface area (Å²) in [6.45, 7) is 0.380. The lowest BCUT2D eigenvalue weighted by Gasteiger charge is -2.17. The first-order valence-corrected chi connectivity index (χ1v) is 6.59. The average Bonchev–Trinajstić information content (AvgIpc) is 2.56. The Morgan fingerprint density at radius 2 is 2.00 bits per heavy atom. The zero-order valence-corrected chi connectivity index (χ0v) is 12.1. The van der Waals surface area contributed by atoms with Crippen LogP contribution in [0.2, 0.25) is 0 Å². The van der Waals surface area contributed by atoms with Crippen LogP contribution in [0.4, 0.5) is 0 Å². The number of hydrogen-bond donors (Lipinski definition) is 1. The molecule has 0 radical (unpaired) electrons. The van der Waals surface area contributed by atoms with Crippen LogP contribution < -0.4 is 10.1 Å². The molecular weight excluding hydrogens is 268 g/mol. The van der Waals surface area contributed by atoms with Crippen LogP contribution >= 0.6 is 0 Å². The molecule has 0 aliphatic rings. The van der Waals surface area contributed by atoms with Gasteiger partial charge in [0.25, 0.3) is 5.91 Å². The minimum atomic E-state index is -0.231. The molecule has 0 saturated heterocycles. The van der Waals surface area contributed by atoms with Crippen LogP contribution in [0.5, 0.6) is 5.75 Å². The molecule has 1 aromatic heterocycles. The molecule has 1 amide bonds. The Morgan fingerprint density at radius 1 is 1.24 bits per heavy atom. The number of carbonyl (C=O) groups is 1. The monoisotopic (exact) mass is 286 g/mol. The number of methoxy groups -OCH3 is 2. The summed E-state index contributed by atoms with van der Waals surface area (Å²) in [6, 6.07) is 10.9. The molecule has 110 valence electrons. The molecule has 0 bridgehead atoms. The lowest BCUT2D eigenvalue weighted by atomic mass is 10.1. The second kappa shape index (κ2) is 7.40. The highest BCUT2D eigenvalue weighted by molar-refractivity contribution is 5.93. The smallest absolute Gasteiger partial charge is 0.251 e. The Kier molecular flexibility index (Phi) is 5.29. The van der Waals surface area contributed by atoms with Crippen molar-refractivity contribution in [1.29, 1.82) is 0 Å². The van der Waals surface area contributed by atoms with Crippen molar-refractivity contribution in [2.45, 2.75) is 6.10 Å². The zero-order chi connectivity index (χ0) is 15.1. The molecule has 0 saturated carbocycles. The van der Waals surface area contributed by atoms with Gasteiger partial charge in [0, 0.05) is 31.6 Å². The number of benzene rings is 1. The number of ether oxygens (including phenoxy) is 2. The van der Waals surface area contributed by atoms with Crippen molar-refractivity contribution in [2.75, 3.05) is 20.8 Å². The third-order valence-corrected chi connectivity index (χ3v) is 3.14. The topological polar surface area (TPSA) is 60.5 Å². The fraction of sp³-hybridized carbons (Fsp3) is 0.250. The number of nitrogens with one attached hydrogen (secondary N) is 1. The van der Waals surface area contributed by atoms with Crippen LogP contribution in [-0.4, -0.2) is 31.7 Å². The molecule has 1 aromatic carbocycles. The number of aromatic nitrogens is 1. The van der Waals surface area contributed by atoms with Gasteiger partial charge in [0.05, 0.1) is 13.2 Å². The summed E-state index contributed by atoms with van der Waals surface area (Å²) in [7, 11) is 3.23. The van der Waals surface area contributed by atoms with Gasteiger partial charge in [-0.2, -0.15) is 0 Å². The highest BCUT2D eigenvalue weighted by Gasteiger charge is 2.13. The summed E-state index contributed by atoms with van der Waals surface area (Å²) in [6.07, 6.45) is 2.95. The summed E-state index contributed by atoms with van der Waals surface area (Å²) < 4.78 is 10.6. The van der Waals surface area contributed by atoms with Crippen LogP contribution in [0, 0.1) is 0 Å². The molecule has 5 heteroatoms. The standard InChI is InChI=1S/C16H18N2O3/c1-20-14-5-3-4-13(10-14)15(21-2)11-18-16(19)12-6-8-17-9-7-12/h3-10,15H,11H2,1-2H3,(H,18,19). The SMILES string of the molecule is COc1cccc(C(CNC(=O)c2ccncc2)OC)c1. The average molecular weight is 286 g/mol. The third kappa shape index (κ3) is 4.03. The van der Waals surface area contributed by atoms with Crippen molar-refractivity contribution in [1.82, 2.24) is 10.3 Å². The Morgan fingerprint density at radius 3 is 2.67 bits per heavy atom. The first-order chi connectivity index (χ1) is 10.2. The van der Waals surface area contributed by atoms with Crippen LogP contribution in [0.1, 0.15) is 22.0 Å². The Balaban J connectivity index is 2.01. The van der Waals surface area contributed by atoms with E-state index in [4.69, 9.17) is 9.47 Å². The van der Waals surface area contributed by atoms with Gasteiger partial charge in [-0.1, -0.05) is 12.1 Å². The predicted octanol–water partition coefficient (Wildman–Crippen LogP) is 2.21. The number of carbonyl (C=O) groups excluding carboxylic acids is 1. The number of nitrogens with zero attached hydrogens (tertiary/aromatic N) is 1. The van der Waals surface area contributed by atoms with Crippen molar-refractivity contribution in [3.8, 4) is 5.75 Å². The van der Waals surface area contributed by atoms with E-state index in [0.717, 1.165) is 11.3 Å². The van der Waals surface area contributed by atoms with E-state index in [1.165, 1.54) is 0 Å². The van der Waals surface area contributed by atoms with Gasteiger partial charge in [-0.3, -0.25) is 9.78 Å². The first-order valence-electron chi connectivity index (χ1n) is 6.59. The maximum Gasteiger partial charge on any atom is 0.251 e. The summed E-state index contributed by atoms with van der Waals surface area (Å²) in [5, 5.41) is 2.85.